The molecule has 3 unspecified atom stereocenters. The fourth-order valence-corrected chi connectivity index (χ4v) is 3.43. The SMILES string of the molecule is CC1CCNCCNC2CCNCCC[N+]1(C)CC2. The van der Waals surface area contributed by atoms with Crippen LogP contribution in [0.4, 0.5) is 0 Å². The van der Waals surface area contributed by atoms with E-state index in [0.29, 0.717) is 6.04 Å². The zero-order valence-corrected chi connectivity index (χ0v) is 12.9. The molecule has 0 radical (unpaired) electrons. The van der Waals surface area contributed by atoms with Crippen molar-refractivity contribution >= 4 is 0 Å². The molecule has 3 N–H and O–H groups in total. The maximum absolute atomic E-state index is 3.74. The monoisotopic (exact) mass is 269 g/mol. The van der Waals surface area contributed by atoms with Gasteiger partial charge in [0.05, 0.1) is 26.2 Å². The van der Waals surface area contributed by atoms with Crippen LogP contribution in [-0.4, -0.2) is 69.4 Å². The average Bonchev–Trinajstić information content (AvgIpc) is 2.44. The minimum Gasteiger partial charge on any atom is -0.324 e. The predicted molar refractivity (Wildman–Crippen MR) is 81.4 cm³/mol. The highest BCUT2D eigenvalue weighted by Gasteiger charge is 2.30. The highest BCUT2D eigenvalue weighted by Crippen LogP contribution is 2.18. The standard InChI is InChI=1S/C15H33N4/c1-14-4-8-17-10-11-18-15-5-9-16-7-3-12-19(14,2)13-6-15/h14-18H,3-13H2,1-2H3/q+1. The van der Waals surface area contributed by atoms with Gasteiger partial charge in [0, 0.05) is 51.5 Å². The molecule has 2 bridgehead atoms. The molecule has 0 spiro atoms. The Morgan fingerprint density at radius 1 is 0.842 bits per heavy atom. The van der Waals surface area contributed by atoms with Gasteiger partial charge in [-0.1, -0.05) is 0 Å². The number of fused-ring (bicyclic) bond motifs is 3. The molecule has 2 aliphatic heterocycles. The second-order valence-corrected chi connectivity index (χ2v) is 6.65. The Labute approximate surface area is 118 Å². The summed E-state index contributed by atoms with van der Waals surface area (Å²) in [6.45, 7) is 10.8. The molecule has 0 aromatic heterocycles. The molecule has 2 heterocycles. The van der Waals surface area contributed by atoms with Crippen LogP contribution < -0.4 is 16.0 Å². The third kappa shape index (κ3) is 4.71. The molecule has 0 amide bonds. The number of hydrogen-bond acceptors (Lipinski definition) is 3. The van der Waals surface area contributed by atoms with Crippen molar-refractivity contribution in [2.75, 3.05) is 52.9 Å². The Morgan fingerprint density at radius 2 is 1.63 bits per heavy atom. The lowest BCUT2D eigenvalue weighted by atomic mass is 10.0. The van der Waals surface area contributed by atoms with Crippen molar-refractivity contribution < 1.29 is 4.48 Å². The highest BCUT2D eigenvalue weighted by molar-refractivity contribution is 4.72. The number of rotatable bonds is 0. The third-order valence-electron chi connectivity index (χ3n) is 5.22. The van der Waals surface area contributed by atoms with Gasteiger partial charge in [0.15, 0.2) is 0 Å². The van der Waals surface area contributed by atoms with Crippen molar-refractivity contribution in [3.05, 3.63) is 0 Å². The first kappa shape index (κ1) is 15.2. The summed E-state index contributed by atoms with van der Waals surface area (Å²) in [4.78, 5) is 0. The van der Waals surface area contributed by atoms with E-state index in [2.05, 4.69) is 29.9 Å². The Morgan fingerprint density at radius 3 is 2.53 bits per heavy atom. The summed E-state index contributed by atoms with van der Waals surface area (Å²) in [7, 11) is 2.47. The first-order valence-electron chi connectivity index (χ1n) is 8.20. The lowest BCUT2D eigenvalue weighted by Crippen LogP contribution is -2.54. The minimum absolute atomic E-state index is 0.690. The molecule has 2 aliphatic rings. The van der Waals surface area contributed by atoms with E-state index in [4.69, 9.17) is 0 Å². The molecule has 0 aromatic carbocycles. The van der Waals surface area contributed by atoms with E-state index in [9.17, 15) is 0 Å². The Bertz CT molecular complexity index is 259. The summed E-state index contributed by atoms with van der Waals surface area (Å²) in [5.74, 6) is 0. The summed E-state index contributed by atoms with van der Waals surface area (Å²) < 4.78 is 1.25. The van der Waals surface area contributed by atoms with Gasteiger partial charge in [0.1, 0.15) is 0 Å². The molecule has 19 heavy (non-hydrogen) atoms. The molecule has 2 saturated heterocycles. The Kier molecular flexibility index (Phi) is 6.07. The first-order valence-corrected chi connectivity index (χ1v) is 8.20. The normalized spacial score (nSPS) is 39.5. The molecule has 4 heteroatoms. The number of nitrogens with zero attached hydrogens (tertiary/aromatic N) is 1. The van der Waals surface area contributed by atoms with Gasteiger partial charge in [-0.25, -0.2) is 0 Å². The van der Waals surface area contributed by atoms with Crippen LogP contribution in [0.1, 0.15) is 32.6 Å². The number of quaternary nitrogens is 1. The van der Waals surface area contributed by atoms with Crippen LogP contribution in [0.5, 0.6) is 0 Å². The second-order valence-electron chi connectivity index (χ2n) is 6.65. The quantitative estimate of drug-likeness (QED) is 0.562. The van der Waals surface area contributed by atoms with Crippen LogP contribution in [0, 0.1) is 0 Å². The van der Waals surface area contributed by atoms with Crippen LogP contribution >= 0.6 is 0 Å². The molecule has 0 saturated carbocycles. The van der Waals surface area contributed by atoms with Crippen LogP contribution in [0.25, 0.3) is 0 Å². The Balaban J connectivity index is 2.06. The van der Waals surface area contributed by atoms with Gasteiger partial charge in [0.25, 0.3) is 0 Å². The van der Waals surface area contributed by atoms with Crippen molar-refractivity contribution in [3.8, 4) is 0 Å². The second kappa shape index (κ2) is 7.58. The van der Waals surface area contributed by atoms with Crippen molar-refractivity contribution in [1.29, 1.82) is 0 Å². The number of nitrogens with one attached hydrogen (secondary N) is 3. The maximum atomic E-state index is 3.74. The van der Waals surface area contributed by atoms with Gasteiger partial charge in [-0.2, -0.15) is 0 Å². The lowest BCUT2D eigenvalue weighted by Gasteiger charge is -2.41. The lowest BCUT2D eigenvalue weighted by molar-refractivity contribution is -0.932. The van der Waals surface area contributed by atoms with Crippen LogP contribution in [0.2, 0.25) is 0 Å². The molecule has 112 valence electrons. The van der Waals surface area contributed by atoms with Gasteiger partial charge in [-0.15, -0.1) is 0 Å². The molecule has 0 aromatic rings. The van der Waals surface area contributed by atoms with Gasteiger partial charge < -0.3 is 20.4 Å². The van der Waals surface area contributed by atoms with E-state index in [1.54, 1.807) is 0 Å². The summed E-state index contributed by atoms with van der Waals surface area (Å²) in [6, 6.07) is 1.46. The average molecular weight is 269 g/mol. The largest absolute Gasteiger partial charge is 0.324 e. The van der Waals surface area contributed by atoms with E-state index in [1.165, 1.54) is 62.9 Å². The van der Waals surface area contributed by atoms with Crippen molar-refractivity contribution in [2.24, 2.45) is 0 Å². The van der Waals surface area contributed by atoms with Crippen LogP contribution in [0.3, 0.4) is 0 Å². The Hall–Kier alpha value is -0.160. The molecular weight excluding hydrogens is 236 g/mol. The molecular formula is C15H33N4+. The van der Waals surface area contributed by atoms with E-state index >= 15 is 0 Å². The van der Waals surface area contributed by atoms with Gasteiger partial charge in [-0.3, -0.25) is 0 Å². The summed E-state index contributed by atoms with van der Waals surface area (Å²) in [5.41, 5.74) is 0. The minimum atomic E-state index is 0.690. The topological polar surface area (TPSA) is 36.1 Å². The predicted octanol–water partition coefficient (Wildman–Crippen LogP) is 0.547. The van der Waals surface area contributed by atoms with E-state index in [0.717, 1.165) is 19.1 Å². The van der Waals surface area contributed by atoms with Gasteiger partial charge in [0.2, 0.25) is 0 Å². The van der Waals surface area contributed by atoms with Crippen LogP contribution in [0.15, 0.2) is 0 Å². The third-order valence-corrected chi connectivity index (χ3v) is 5.22. The van der Waals surface area contributed by atoms with Crippen molar-refractivity contribution in [1.82, 2.24) is 16.0 Å². The van der Waals surface area contributed by atoms with Crippen molar-refractivity contribution in [2.45, 2.75) is 44.7 Å². The molecule has 0 aliphatic carbocycles. The fourth-order valence-electron chi connectivity index (χ4n) is 3.43. The summed E-state index contributed by atoms with van der Waals surface area (Å²) in [5, 5.41) is 10.9. The van der Waals surface area contributed by atoms with E-state index in [-0.39, 0.29) is 0 Å². The number of hydrogen-bond donors (Lipinski definition) is 3. The summed E-state index contributed by atoms with van der Waals surface area (Å²) in [6.07, 6.45) is 5.21. The van der Waals surface area contributed by atoms with E-state index < -0.39 is 0 Å². The van der Waals surface area contributed by atoms with E-state index in [1.807, 2.05) is 0 Å². The molecule has 3 atom stereocenters. The summed E-state index contributed by atoms with van der Waals surface area (Å²) >= 11 is 0. The van der Waals surface area contributed by atoms with Gasteiger partial charge >= 0.3 is 0 Å². The highest BCUT2D eigenvalue weighted by atomic mass is 15.4. The zero-order chi connectivity index (χ0) is 13.6. The first-order chi connectivity index (χ1) is 9.21. The fraction of sp³-hybridized carbons (Fsp3) is 1.00. The van der Waals surface area contributed by atoms with Gasteiger partial charge in [-0.05, 0) is 19.9 Å². The van der Waals surface area contributed by atoms with Crippen LogP contribution in [-0.2, 0) is 0 Å². The molecule has 2 fully saturated rings. The van der Waals surface area contributed by atoms with Crippen molar-refractivity contribution in [3.63, 3.8) is 0 Å². The molecule has 2 rings (SSSR count). The smallest absolute Gasteiger partial charge is 0.0872 e. The maximum Gasteiger partial charge on any atom is 0.0872 e. The molecule has 4 nitrogen and oxygen atoms in total. The zero-order valence-electron chi connectivity index (χ0n) is 12.9.